The molecule has 3 aromatic rings. The summed E-state index contributed by atoms with van der Waals surface area (Å²) < 4.78 is 28.2. The van der Waals surface area contributed by atoms with E-state index in [1.54, 1.807) is 0 Å². The summed E-state index contributed by atoms with van der Waals surface area (Å²) in [7, 11) is 0. The monoisotopic (exact) mass is 412 g/mol. The van der Waals surface area contributed by atoms with E-state index < -0.39 is 34.5 Å². The zero-order valence-corrected chi connectivity index (χ0v) is 15.8. The molecule has 1 N–H and O–H groups in total. The Balaban J connectivity index is 1.80. The molecule has 0 unspecified atom stereocenters. The van der Waals surface area contributed by atoms with E-state index in [9.17, 15) is 23.2 Å². The zero-order chi connectivity index (χ0) is 21.3. The summed E-state index contributed by atoms with van der Waals surface area (Å²) >= 11 is 0. The van der Waals surface area contributed by atoms with Gasteiger partial charge in [0.25, 0.3) is 11.5 Å². The van der Waals surface area contributed by atoms with Crippen LogP contribution < -0.4 is 16.6 Å². The lowest BCUT2D eigenvalue weighted by atomic mass is 10.2. The van der Waals surface area contributed by atoms with Crippen LogP contribution in [0.3, 0.4) is 0 Å². The number of halogens is 2. The Kier molecular flexibility index (Phi) is 5.26. The number of carbonyl (C=O) groups is 1. The molecule has 0 radical (unpaired) electrons. The van der Waals surface area contributed by atoms with Crippen LogP contribution in [0.15, 0.2) is 58.1 Å². The highest BCUT2D eigenvalue weighted by atomic mass is 19.1. The van der Waals surface area contributed by atoms with E-state index in [2.05, 4.69) is 10.4 Å². The first kappa shape index (κ1) is 19.7. The van der Waals surface area contributed by atoms with Crippen molar-refractivity contribution in [3.8, 4) is 5.69 Å². The van der Waals surface area contributed by atoms with Gasteiger partial charge in [-0.3, -0.25) is 14.2 Å². The molecule has 30 heavy (non-hydrogen) atoms. The van der Waals surface area contributed by atoms with Crippen LogP contribution in [0, 0.1) is 17.6 Å². The molecule has 0 bridgehead atoms. The average Bonchev–Trinajstić information content (AvgIpc) is 3.56. The minimum absolute atomic E-state index is 0.176. The summed E-state index contributed by atoms with van der Waals surface area (Å²) in [6, 6.07) is 10.2. The number of carbonyl (C=O) groups excluding carboxylic acids is 1. The van der Waals surface area contributed by atoms with Gasteiger partial charge in [0.05, 0.1) is 12.2 Å². The van der Waals surface area contributed by atoms with Gasteiger partial charge in [-0.2, -0.15) is 9.78 Å². The van der Waals surface area contributed by atoms with E-state index in [1.807, 2.05) is 0 Å². The molecule has 1 aromatic heterocycles. The van der Waals surface area contributed by atoms with Crippen LogP contribution in [0.2, 0.25) is 0 Å². The number of nitrogens with one attached hydrogen (secondary N) is 1. The number of rotatable bonds is 6. The minimum Gasteiger partial charge on any atom is -0.350 e. The van der Waals surface area contributed by atoms with Crippen molar-refractivity contribution < 1.29 is 13.6 Å². The maximum Gasteiger partial charge on any atom is 0.352 e. The van der Waals surface area contributed by atoms with E-state index in [1.165, 1.54) is 36.4 Å². The largest absolute Gasteiger partial charge is 0.352 e. The predicted molar refractivity (Wildman–Crippen MR) is 105 cm³/mol. The van der Waals surface area contributed by atoms with E-state index in [0.717, 1.165) is 34.2 Å². The highest BCUT2D eigenvalue weighted by Crippen LogP contribution is 2.27. The maximum absolute atomic E-state index is 13.3. The Morgan fingerprint density at radius 1 is 1.00 bits per heavy atom. The second-order valence-corrected chi connectivity index (χ2v) is 7.19. The fourth-order valence-electron chi connectivity index (χ4n) is 2.96. The fourth-order valence-corrected chi connectivity index (χ4v) is 2.96. The van der Waals surface area contributed by atoms with E-state index >= 15 is 0 Å². The molecular weight excluding hydrogens is 394 g/mol. The Morgan fingerprint density at radius 2 is 1.60 bits per heavy atom. The van der Waals surface area contributed by atoms with E-state index in [-0.39, 0.29) is 12.2 Å². The molecule has 0 aliphatic heterocycles. The van der Waals surface area contributed by atoms with Crippen LogP contribution in [0.1, 0.15) is 28.9 Å². The van der Waals surface area contributed by atoms with Crippen molar-refractivity contribution >= 4 is 5.91 Å². The Labute approximate surface area is 169 Å². The second kappa shape index (κ2) is 8.02. The summed E-state index contributed by atoms with van der Waals surface area (Å²) in [5.41, 5.74) is -1.39. The van der Waals surface area contributed by atoms with Crippen molar-refractivity contribution in [3.05, 3.63) is 92.3 Å². The van der Waals surface area contributed by atoms with Gasteiger partial charge in [-0.05, 0) is 60.7 Å². The predicted octanol–water partition coefficient (Wildman–Crippen LogP) is 1.86. The Hall–Kier alpha value is -3.62. The highest BCUT2D eigenvalue weighted by molar-refractivity contribution is 5.91. The van der Waals surface area contributed by atoms with E-state index in [4.69, 9.17) is 0 Å². The molecule has 0 atom stereocenters. The third kappa shape index (κ3) is 4.19. The quantitative estimate of drug-likeness (QED) is 0.670. The summed E-state index contributed by atoms with van der Waals surface area (Å²) in [6.45, 7) is 0.248. The standard InChI is InChI=1S/C21H18F2N4O3/c22-15-5-3-14(4-6-15)12-26-20(29)18(19(28)24-11-13-1-2-13)25-27(21(26)30)17-9-7-16(23)8-10-17/h3-10,13H,1-2,11-12H2,(H,24,28). The molecule has 0 spiro atoms. The van der Waals surface area contributed by atoms with Crippen LogP contribution in [0.5, 0.6) is 0 Å². The summed E-state index contributed by atoms with van der Waals surface area (Å²) in [6.07, 6.45) is 2.02. The highest BCUT2D eigenvalue weighted by Gasteiger charge is 2.25. The maximum atomic E-state index is 13.3. The molecule has 4 rings (SSSR count). The van der Waals surface area contributed by atoms with Gasteiger partial charge in [0.1, 0.15) is 11.6 Å². The van der Waals surface area contributed by atoms with Crippen LogP contribution in [0.4, 0.5) is 8.78 Å². The van der Waals surface area contributed by atoms with E-state index in [0.29, 0.717) is 18.0 Å². The molecule has 1 saturated carbocycles. The fraction of sp³-hybridized carbons (Fsp3) is 0.238. The van der Waals surface area contributed by atoms with Crippen molar-refractivity contribution in [2.24, 2.45) is 5.92 Å². The average molecular weight is 412 g/mol. The van der Waals surface area contributed by atoms with Gasteiger partial charge in [0.15, 0.2) is 0 Å². The number of aromatic nitrogens is 3. The molecule has 1 aliphatic rings. The SMILES string of the molecule is O=C(NCC1CC1)c1nn(-c2ccc(F)cc2)c(=O)n(Cc2ccc(F)cc2)c1=O. The number of hydrogen-bond acceptors (Lipinski definition) is 4. The summed E-state index contributed by atoms with van der Waals surface area (Å²) in [5.74, 6) is -1.26. The molecule has 7 nitrogen and oxygen atoms in total. The van der Waals surface area contributed by atoms with Crippen molar-refractivity contribution in [2.75, 3.05) is 6.54 Å². The molecular formula is C21H18F2N4O3. The first-order valence-electron chi connectivity index (χ1n) is 9.45. The molecule has 154 valence electrons. The summed E-state index contributed by atoms with van der Waals surface area (Å²) in [4.78, 5) is 38.4. The molecule has 1 fully saturated rings. The first-order chi connectivity index (χ1) is 14.4. The molecule has 1 heterocycles. The number of amides is 1. The third-order valence-corrected chi connectivity index (χ3v) is 4.85. The zero-order valence-electron chi connectivity index (χ0n) is 15.8. The topological polar surface area (TPSA) is 86.0 Å². The van der Waals surface area contributed by atoms with Crippen molar-refractivity contribution in [2.45, 2.75) is 19.4 Å². The van der Waals surface area contributed by atoms with Crippen molar-refractivity contribution in [1.82, 2.24) is 19.7 Å². The lowest BCUT2D eigenvalue weighted by molar-refractivity contribution is 0.0942. The minimum atomic E-state index is -0.851. The molecule has 0 saturated heterocycles. The van der Waals surface area contributed by atoms with Crippen LogP contribution in [0.25, 0.3) is 5.69 Å². The van der Waals surface area contributed by atoms with Gasteiger partial charge >= 0.3 is 5.69 Å². The molecule has 9 heteroatoms. The van der Waals surface area contributed by atoms with Crippen LogP contribution in [-0.2, 0) is 6.54 Å². The van der Waals surface area contributed by atoms with Gasteiger partial charge in [-0.1, -0.05) is 12.1 Å². The van der Waals surface area contributed by atoms with Crippen LogP contribution in [-0.4, -0.2) is 26.8 Å². The van der Waals surface area contributed by atoms with Gasteiger partial charge in [-0.15, -0.1) is 0 Å². The molecule has 1 aliphatic carbocycles. The number of benzene rings is 2. The van der Waals surface area contributed by atoms with Gasteiger partial charge in [0, 0.05) is 6.54 Å². The lowest BCUT2D eigenvalue weighted by Gasteiger charge is -2.12. The van der Waals surface area contributed by atoms with Crippen molar-refractivity contribution in [1.29, 1.82) is 0 Å². The Bertz CT molecular complexity index is 1200. The van der Waals surface area contributed by atoms with Gasteiger partial charge in [0.2, 0.25) is 5.69 Å². The molecule has 2 aromatic carbocycles. The van der Waals surface area contributed by atoms with Crippen molar-refractivity contribution in [3.63, 3.8) is 0 Å². The van der Waals surface area contributed by atoms with Crippen LogP contribution >= 0.6 is 0 Å². The number of hydrogen-bond donors (Lipinski definition) is 1. The number of nitrogens with zero attached hydrogens (tertiary/aromatic N) is 3. The summed E-state index contributed by atoms with van der Waals surface area (Å²) in [5, 5.41) is 6.63. The first-order valence-corrected chi connectivity index (χ1v) is 9.45. The lowest BCUT2D eigenvalue weighted by Crippen LogP contribution is -2.46. The van der Waals surface area contributed by atoms with Gasteiger partial charge < -0.3 is 5.32 Å². The second-order valence-electron chi connectivity index (χ2n) is 7.19. The molecule has 1 amide bonds. The normalized spacial score (nSPS) is 13.3. The smallest absolute Gasteiger partial charge is 0.350 e. The third-order valence-electron chi connectivity index (χ3n) is 4.85. The Morgan fingerprint density at radius 3 is 2.20 bits per heavy atom. The van der Waals surface area contributed by atoms with Gasteiger partial charge in [-0.25, -0.2) is 13.6 Å².